The predicted molar refractivity (Wildman–Crippen MR) is 85.8 cm³/mol. The van der Waals surface area contributed by atoms with Crippen LogP contribution in [0, 0.1) is 0 Å². The van der Waals surface area contributed by atoms with Gasteiger partial charge in [0.15, 0.2) is 0 Å². The first-order valence-corrected chi connectivity index (χ1v) is 7.33. The van der Waals surface area contributed by atoms with E-state index in [0.29, 0.717) is 13.1 Å². The van der Waals surface area contributed by atoms with Gasteiger partial charge in [-0.05, 0) is 11.1 Å². The van der Waals surface area contributed by atoms with Crippen molar-refractivity contribution in [3.8, 4) is 0 Å². The molecule has 120 valence electrons. The second-order valence-electron chi connectivity index (χ2n) is 5.33. The first kappa shape index (κ1) is 16.7. The fourth-order valence-electron chi connectivity index (χ4n) is 2.45. The number of aliphatic carboxylic acids is 2. The maximum absolute atomic E-state index is 11.6. The molecule has 0 fully saturated rings. The molecule has 0 spiro atoms. The van der Waals surface area contributed by atoms with Crippen LogP contribution in [0.2, 0.25) is 0 Å². The largest absolute Gasteiger partial charge is 0.481 e. The van der Waals surface area contributed by atoms with Gasteiger partial charge in [-0.2, -0.15) is 0 Å². The first-order chi connectivity index (χ1) is 11.1. The van der Waals surface area contributed by atoms with Crippen LogP contribution in [0.5, 0.6) is 0 Å². The SMILES string of the molecule is O=C(O)CC(C(=O)O)N(Cc1ccccc1)Cc1ccccc1. The Morgan fingerprint density at radius 3 is 1.61 bits per heavy atom. The summed E-state index contributed by atoms with van der Waals surface area (Å²) in [6, 6.07) is 17.8. The Balaban J connectivity index is 2.25. The molecule has 0 aliphatic heterocycles. The molecule has 0 heterocycles. The van der Waals surface area contributed by atoms with Gasteiger partial charge in [-0.25, -0.2) is 0 Å². The molecule has 2 rings (SSSR count). The van der Waals surface area contributed by atoms with E-state index < -0.39 is 24.4 Å². The van der Waals surface area contributed by atoms with Crippen molar-refractivity contribution in [2.24, 2.45) is 0 Å². The van der Waals surface area contributed by atoms with E-state index in [0.717, 1.165) is 11.1 Å². The topological polar surface area (TPSA) is 77.8 Å². The number of carbonyl (C=O) groups is 2. The highest BCUT2D eigenvalue weighted by molar-refractivity contribution is 5.80. The smallest absolute Gasteiger partial charge is 0.321 e. The molecular formula is C18H19NO4. The Kier molecular flexibility index (Phi) is 5.88. The summed E-state index contributed by atoms with van der Waals surface area (Å²) in [5.74, 6) is -2.25. The lowest BCUT2D eigenvalue weighted by molar-refractivity contribution is -0.150. The van der Waals surface area contributed by atoms with Crippen molar-refractivity contribution in [1.82, 2.24) is 4.90 Å². The minimum atomic E-state index is -1.13. The van der Waals surface area contributed by atoms with E-state index in [2.05, 4.69) is 0 Å². The van der Waals surface area contributed by atoms with Gasteiger partial charge in [0.2, 0.25) is 0 Å². The van der Waals surface area contributed by atoms with Crippen molar-refractivity contribution in [3.05, 3.63) is 71.8 Å². The highest BCUT2D eigenvalue weighted by atomic mass is 16.4. The first-order valence-electron chi connectivity index (χ1n) is 7.33. The molecule has 0 saturated carbocycles. The summed E-state index contributed by atoms with van der Waals surface area (Å²) in [5, 5.41) is 18.5. The van der Waals surface area contributed by atoms with Crippen molar-refractivity contribution in [2.45, 2.75) is 25.6 Å². The van der Waals surface area contributed by atoms with Crippen molar-refractivity contribution in [2.75, 3.05) is 0 Å². The van der Waals surface area contributed by atoms with Gasteiger partial charge in [0, 0.05) is 13.1 Å². The third-order valence-electron chi connectivity index (χ3n) is 3.55. The average Bonchev–Trinajstić information content (AvgIpc) is 2.53. The summed E-state index contributed by atoms with van der Waals surface area (Å²) in [6.07, 6.45) is -0.436. The molecule has 2 N–H and O–H groups in total. The minimum absolute atomic E-state index is 0.375. The molecule has 1 unspecified atom stereocenters. The summed E-state index contributed by atoms with van der Waals surface area (Å²) >= 11 is 0. The summed E-state index contributed by atoms with van der Waals surface area (Å²) in [5.41, 5.74) is 1.89. The van der Waals surface area contributed by atoms with Gasteiger partial charge in [0.05, 0.1) is 6.42 Å². The fraction of sp³-hybridized carbons (Fsp3) is 0.222. The van der Waals surface area contributed by atoms with E-state index in [4.69, 9.17) is 5.11 Å². The second-order valence-corrected chi connectivity index (χ2v) is 5.33. The number of nitrogens with zero attached hydrogens (tertiary/aromatic N) is 1. The molecule has 23 heavy (non-hydrogen) atoms. The summed E-state index contributed by atoms with van der Waals surface area (Å²) in [4.78, 5) is 24.3. The van der Waals surface area contributed by atoms with Crippen molar-refractivity contribution < 1.29 is 19.8 Å². The predicted octanol–water partition coefficient (Wildman–Crippen LogP) is 2.62. The van der Waals surface area contributed by atoms with Crippen LogP contribution >= 0.6 is 0 Å². The molecule has 0 bridgehead atoms. The van der Waals surface area contributed by atoms with Gasteiger partial charge < -0.3 is 10.2 Å². The lowest BCUT2D eigenvalue weighted by Gasteiger charge is -2.28. The zero-order valence-corrected chi connectivity index (χ0v) is 12.6. The Bertz CT molecular complexity index is 601. The van der Waals surface area contributed by atoms with E-state index in [1.165, 1.54) is 0 Å². The van der Waals surface area contributed by atoms with Crippen molar-refractivity contribution in [3.63, 3.8) is 0 Å². The molecule has 0 aliphatic rings. The van der Waals surface area contributed by atoms with Gasteiger partial charge in [-0.1, -0.05) is 60.7 Å². The molecule has 1 atom stereocenters. The Morgan fingerprint density at radius 1 is 0.826 bits per heavy atom. The van der Waals surface area contributed by atoms with Gasteiger partial charge in [0.1, 0.15) is 6.04 Å². The number of benzene rings is 2. The number of carboxylic acids is 2. The quantitative estimate of drug-likeness (QED) is 0.783. The van der Waals surface area contributed by atoms with Crippen LogP contribution in [0.1, 0.15) is 17.5 Å². The van der Waals surface area contributed by atoms with Gasteiger partial charge in [-0.3, -0.25) is 14.5 Å². The fourth-order valence-corrected chi connectivity index (χ4v) is 2.45. The highest BCUT2D eigenvalue weighted by Gasteiger charge is 2.28. The van der Waals surface area contributed by atoms with E-state index >= 15 is 0 Å². The van der Waals surface area contributed by atoms with Crippen LogP contribution in [-0.2, 0) is 22.7 Å². The number of rotatable bonds is 8. The molecular weight excluding hydrogens is 294 g/mol. The van der Waals surface area contributed by atoms with E-state index in [-0.39, 0.29) is 0 Å². The summed E-state index contributed by atoms with van der Waals surface area (Å²) < 4.78 is 0. The number of hydrogen-bond donors (Lipinski definition) is 2. The summed E-state index contributed by atoms with van der Waals surface area (Å²) in [6.45, 7) is 0.750. The lowest BCUT2D eigenvalue weighted by atomic mass is 10.1. The third kappa shape index (κ3) is 5.23. The van der Waals surface area contributed by atoms with Crippen LogP contribution < -0.4 is 0 Å². The van der Waals surface area contributed by atoms with Gasteiger partial charge in [-0.15, -0.1) is 0 Å². The standard InChI is InChI=1S/C18H19NO4/c20-17(21)11-16(18(22)23)19(12-14-7-3-1-4-8-14)13-15-9-5-2-6-10-15/h1-10,16H,11-13H2,(H,20,21)(H,22,23). The zero-order chi connectivity index (χ0) is 16.7. The van der Waals surface area contributed by atoms with Crippen molar-refractivity contribution >= 4 is 11.9 Å². The highest BCUT2D eigenvalue weighted by Crippen LogP contribution is 2.16. The van der Waals surface area contributed by atoms with Crippen LogP contribution in [-0.4, -0.2) is 33.1 Å². The average molecular weight is 313 g/mol. The molecule has 0 radical (unpaired) electrons. The molecule has 2 aromatic carbocycles. The van der Waals surface area contributed by atoms with E-state index in [1.54, 1.807) is 4.90 Å². The Morgan fingerprint density at radius 2 is 1.26 bits per heavy atom. The molecule has 0 aromatic heterocycles. The molecule has 2 aromatic rings. The van der Waals surface area contributed by atoms with Crippen LogP contribution in [0.15, 0.2) is 60.7 Å². The summed E-state index contributed by atoms with van der Waals surface area (Å²) in [7, 11) is 0. The Labute approximate surface area is 134 Å². The third-order valence-corrected chi connectivity index (χ3v) is 3.55. The van der Waals surface area contributed by atoms with E-state index in [1.807, 2.05) is 60.7 Å². The minimum Gasteiger partial charge on any atom is -0.481 e. The van der Waals surface area contributed by atoms with Crippen LogP contribution in [0.3, 0.4) is 0 Å². The number of hydrogen-bond acceptors (Lipinski definition) is 3. The van der Waals surface area contributed by atoms with Gasteiger partial charge >= 0.3 is 11.9 Å². The molecule has 5 heteroatoms. The maximum atomic E-state index is 11.6. The van der Waals surface area contributed by atoms with Gasteiger partial charge in [0.25, 0.3) is 0 Å². The zero-order valence-electron chi connectivity index (χ0n) is 12.6. The lowest BCUT2D eigenvalue weighted by Crippen LogP contribution is -2.41. The van der Waals surface area contributed by atoms with Crippen LogP contribution in [0.25, 0.3) is 0 Å². The monoisotopic (exact) mass is 313 g/mol. The number of carboxylic acid groups (broad SMARTS) is 2. The molecule has 0 saturated heterocycles. The molecule has 0 aliphatic carbocycles. The van der Waals surface area contributed by atoms with Crippen LogP contribution in [0.4, 0.5) is 0 Å². The van der Waals surface area contributed by atoms with E-state index in [9.17, 15) is 14.7 Å². The molecule has 0 amide bonds. The van der Waals surface area contributed by atoms with Crippen molar-refractivity contribution in [1.29, 1.82) is 0 Å². The molecule has 5 nitrogen and oxygen atoms in total. The normalized spacial score (nSPS) is 12.0. The second kappa shape index (κ2) is 8.10. The Hall–Kier alpha value is -2.66. The maximum Gasteiger partial charge on any atom is 0.321 e.